The molecule has 4 aromatic rings. The van der Waals surface area contributed by atoms with Crippen LogP contribution in [0, 0.1) is 0 Å². The summed E-state index contributed by atoms with van der Waals surface area (Å²) < 4.78 is 17.4. The minimum atomic E-state index is 0.257. The molecule has 0 aromatic heterocycles. The van der Waals surface area contributed by atoms with Gasteiger partial charge in [0.1, 0.15) is 12.4 Å². The normalized spacial score (nSPS) is 13.5. The molecule has 0 saturated carbocycles. The molecule has 176 valence electrons. The molecule has 0 radical (unpaired) electrons. The van der Waals surface area contributed by atoms with Crippen LogP contribution in [0.15, 0.2) is 66.7 Å². The average molecular weight is 458 g/mol. The topological polar surface area (TPSA) is 60.0 Å². The van der Waals surface area contributed by atoms with E-state index in [1.54, 1.807) is 0 Å². The monoisotopic (exact) mass is 457 g/mol. The molecule has 1 aliphatic heterocycles. The summed E-state index contributed by atoms with van der Waals surface area (Å²) in [5.74, 6) is 2.42. The summed E-state index contributed by atoms with van der Waals surface area (Å²) in [6.07, 6.45) is 2.92. The smallest absolute Gasteiger partial charge is 0.231 e. The van der Waals surface area contributed by atoms with Crippen LogP contribution in [0.1, 0.15) is 37.3 Å². The van der Waals surface area contributed by atoms with Gasteiger partial charge in [-0.3, -0.25) is 0 Å². The molecule has 0 aliphatic carbocycles. The number of fused-ring (bicyclic) bond motifs is 4. The SMILES string of the molecule is CC(CCCCO)NCc1cc2cc3c(cc2c2cc(OCc4ccccc4)ccc12)OCO3. The van der Waals surface area contributed by atoms with Crippen molar-refractivity contribution < 1.29 is 19.3 Å². The van der Waals surface area contributed by atoms with Crippen molar-refractivity contribution in [2.75, 3.05) is 13.4 Å². The van der Waals surface area contributed by atoms with Gasteiger partial charge >= 0.3 is 0 Å². The van der Waals surface area contributed by atoms with E-state index in [4.69, 9.17) is 19.3 Å². The predicted molar refractivity (Wildman–Crippen MR) is 136 cm³/mol. The molecular weight excluding hydrogens is 426 g/mol. The Balaban J connectivity index is 1.47. The van der Waals surface area contributed by atoms with Crippen LogP contribution in [0.25, 0.3) is 21.5 Å². The number of rotatable bonds is 10. The van der Waals surface area contributed by atoms with Crippen LogP contribution in [0.5, 0.6) is 17.2 Å². The number of aliphatic hydroxyl groups is 1. The summed E-state index contributed by atoms with van der Waals surface area (Å²) in [6.45, 7) is 4.02. The fourth-order valence-electron chi connectivity index (χ4n) is 4.53. The van der Waals surface area contributed by atoms with Gasteiger partial charge in [-0.05, 0) is 89.2 Å². The van der Waals surface area contributed by atoms with Crippen molar-refractivity contribution in [2.24, 2.45) is 0 Å². The van der Waals surface area contributed by atoms with E-state index in [1.807, 2.05) is 18.2 Å². The molecule has 0 fully saturated rings. The van der Waals surface area contributed by atoms with E-state index in [9.17, 15) is 0 Å². The molecule has 1 unspecified atom stereocenters. The van der Waals surface area contributed by atoms with Crippen LogP contribution < -0.4 is 19.5 Å². The van der Waals surface area contributed by atoms with E-state index in [2.05, 4.69) is 60.8 Å². The van der Waals surface area contributed by atoms with Gasteiger partial charge in [0.05, 0.1) is 0 Å². The van der Waals surface area contributed by atoms with Gasteiger partial charge in [-0.25, -0.2) is 0 Å². The van der Waals surface area contributed by atoms with Gasteiger partial charge in [0, 0.05) is 19.2 Å². The van der Waals surface area contributed by atoms with Gasteiger partial charge in [0.15, 0.2) is 11.5 Å². The summed E-state index contributed by atoms with van der Waals surface area (Å²) in [7, 11) is 0. The molecule has 5 heteroatoms. The molecule has 4 aromatic carbocycles. The van der Waals surface area contributed by atoms with E-state index in [0.29, 0.717) is 12.6 Å². The summed E-state index contributed by atoms with van der Waals surface area (Å²) in [5, 5.41) is 17.3. The van der Waals surface area contributed by atoms with Crippen molar-refractivity contribution in [3.8, 4) is 17.2 Å². The van der Waals surface area contributed by atoms with Crippen molar-refractivity contribution in [3.05, 3.63) is 77.9 Å². The quantitative estimate of drug-likeness (QED) is 0.228. The first kappa shape index (κ1) is 22.5. The largest absolute Gasteiger partial charge is 0.489 e. The van der Waals surface area contributed by atoms with Crippen molar-refractivity contribution in [3.63, 3.8) is 0 Å². The van der Waals surface area contributed by atoms with Crippen LogP contribution in [-0.4, -0.2) is 24.5 Å². The summed E-state index contributed by atoms with van der Waals surface area (Å²) >= 11 is 0. The fraction of sp³-hybridized carbons (Fsp3) is 0.310. The third-order valence-corrected chi connectivity index (χ3v) is 6.44. The highest BCUT2D eigenvalue weighted by molar-refractivity contribution is 6.10. The average Bonchev–Trinajstić information content (AvgIpc) is 3.33. The molecule has 2 N–H and O–H groups in total. The van der Waals surface area contributed by atoms with Crippen molar-refractivity contribution >= 4 is 21.5 Å². The second-order valence-electron chi connectivity index (χ2n) is 8.95. The molecule has 0 spiro atoms. The number of ether oxygens (including phenoxy) is 3. The van der Waals surface area contributed by atoms with Gasteiger partial charge in [0.25, 0.3) is 0 Å². The van der Waals surface area contributed by atoms with Gasteiger partial charge in [-0.2, -0.15) is 0 Å². The zero-order valence-electron chi connectivity index (χ0n) is 19.5. The highest BCUT2D eigenvalue weighted by atomic mass is 16.7. The maximum absolute atomic E-state index is 9.05. The highest BCUT2D eigenvalue weighted by Gasteiger charge is 2.17. The van der Waals surface area contributed by atoms with E-state index >= 15 is 0 Å². The Bertz CT molecular complexity index is 1270. The first-order chi connectivity index (χ1) is 16.7. The van der Waals surface area contributed by atoms with E-state index in [0.717, 1.165) is 64.8 Å². The molecule has 0 saturated heterocycles. The lowest BCUT2D eigenvalue weighted by Crippen LogP contribution is -2.25. The number of hydrogen-bond acceptors (Lipinski definition) is 5. The number of nitrogens with one attached hydrogen (secondary N) is 1. The zero-order chi connectivity index (χ0) is 23.3. The van der Waals surface area contributed by atoms with Gasteiger partial charge in [0.2, 0.25) is 6.79 Å². The molecule has 5 rings (SSSR count). The number of aliphatic hydroxyl groups excluding tert-OH is 1. The van der Waals surface area contributed by atoms with E-state index in [1.165, 1.54) is 10.9 Å². The van der Waals surface area contributed by atoms with Crippen LogP contribution in [0.2, 0.25) is 0 Å². The summed E-state index contributed by atoms with van der Waals surface area (Å²) in [6, 6.07) is 23.3. The van der Waals surface area contributed by atoms with Crippen molar-refractivity contribution in [1.29, 1.82) is 0 Å². The van der Waals surface area contributed by atoms with Crippen LogP contribution in [-0.2, 0) is 13.2 Å². The second-order valence-corrected chi connectivity index (χ2v) is 8.95. The fourth-order valence-corrected chi connectivity index (χ4v) is 4.53. The van der Waals surface area contributed by atoms with Crippen LogP contribution >= 0.6 is 0 Å². The van der Waals surface area contributed by atoms with Gasteiger partial charge < -0.3 is 24.6 Å². The Kier molecular flexibility index (Phi) is 6.84. The highest BCUT2D eigenvalue weighted by Crippen LogP contribution is 2.40. The maximum atomic E-state index is 9.05. The molecule has 1 aliphatic rings. The molecule has 0 amide bonds. The first-order valence-electron chi connectivity index (χ1n) is 12.0. The minimum Gasteiger partial charge on any atom is -0.489 e. The third kappa shape index (κ3) is 4.96. The Morgan fingerprint density at radius 3 is 2.56 bits per heavy atom. The standard InChI is InChI=1S/C29H31NO4/c1-20(7-5-6-12-31)30-17-23-13-22-14-28-29(34-19-33-28)16-26(22)27-15-24(10-11-25(23)27)32-18-21-8-3-2-4-9-21/h2-4,8-11,13-16,20,30-31H,5-7,12,17-19H2,1H3. The van der Waals surface area contributed by atoms with Crippen molar-refractivity contribution in [2.45, 2.75) is 45.4 Å². The number of benzene rings is 4. The molecule has 1 atom stereocenters. The number of unbranched alkanes of at least 4 members (excludes halogenated alkanes) is 1. The first-order valence-corrected chi connectivity index (χ1v) is 12.0. The molecule has 1 heterocycles. The molecule has 34 heavy (non-hydrogen) atoms. The number of hydrogen-bond donors (Lipinski definition) is 2. The molecule has 0 bridgehead atoms. The minimum absolute atomic E-state index is 0.257. The van der Waals surface area contributed by atoms with Crippen molar-refractivity contribution in [1.82, 2.24) is 5.32 Å². The van der Waals surface area contributed by atoms with Crippen LogP contribution in [0.3, 0.4) is 0 Å². The lowest BCUT2D eigenvalue weighted by molar-refractivity contribution is 0.174. The van der Waals surface area contributed by atoms with Crippen LogP contribution in [0.4, 0.5) is 0 Å². The van der Waals surface area contributed by atoms with E-state index < -0.39 is 0 Å². The molecular formula is C29H31NO4. The Morgan fingerprint density at radius 2 is 1.74 bits per heavy atom. The van der Waals surface area contributed by atoms with Gasteiger partial charge in [-0.15, -0.1) is 0 Å². The maximum Gasteiger partial charge on any atom is 0.231 e. The summed E-state index contributed by atoms with van der Waals surface area (Å²) in [4.78, 5) is 0. The van der Waals surface area contributed by atoms with E-state index in [-0.39, 0.29) is 13.4 Å². The Hall–Kier alpha value is -3.28. The Labute approximate surface area is 200 Å². The Morgan fingerprint density at radius 1 is 0.912 bits per heavy atom. The molecule has 5 nitrogen and oxygen atoms in total. The summed E-state index contributed by atoms with van der Waals surface area (Å²) in [5.41, 5.74) is 2.38. The lowest BCUT2D eigenvalue weighted by atomic mass is 9.96. The lowest BCUT2D eigenvalue weighted by Gasteiger charge is -2.17. The van der Waals surface area contributed by atoms with Gasteiger partial charge in [-0.1, -0.05) is 36.4 Å². The predicted octanol–water partition coefficient (Wildman–Crippen LogP) is 5.94. The third-order valence-electron chi connectivity index (χ3n) is 6.44. The zero-order valence-corrected chi connectivity index (χ0v) is 19.5. The second kappa shape index (κ2) is 10.3.